The second-order valence-corrected chi connectivity index (χ2v) is 11.8. The summed E-state index contributed by atoms with van der Waals surface area (Å²) in [5.74, 6) is 1.58. The maximum atomic E-state index is 14.5. The average Bonchev–Trinajstić information content (AvgIpc) is 3.32. The van der Waals surface area contributed by atoms with Crippen LogP contribution in [0, 0.1) is 11.8 Å². The standard InChI is InChI=1S/C30H38ClN3O/c31-28-14-13-24-26(33-28)12-7-16-30(24)20-32-19-25(30)29(35)34-17-15-23(21-8-3-1-4-9-21)18-27(34)22-10-5-2-6-11-22/h1,3-4,8-9,13-14,22-23,25,27,32H,2,5-7,10-12,15-20H2/t23-,25-,27-,30-/m0/s1. The van der Waals surface area contributed by atoms with Crippen molar-refractivity contribution in [2.45, 2.75) is 81.6 Å². The molecule has 4 aliphatic rings. The van der Waals surface area contributed by atoms with Crippen LogP contribution in [0.4, 0.5) is 0 Å². The lowest BCUT2D eigenvalue weighted by Gasteiger charge is -2.48. The first-order valence-electron chi connectivity index (χ1n) is 13.9. The SMILES string of the molecule is O=C([C@@H]1CNC[C@]12CCCc1nc(Cl)ccc12)N1CC[C@H](c2ccccc2)C[C@H]1C1CCCCC1. The molecule has 3 fully saturated rings. The number of carbonyl (C=O) groups is 1. The van der Waals surface area contributed by atoms with Gasteiger partial charge in [0.15, 0.2) is 0 Å². The van der Waals surface area contributed by atoms with Gasteiger partial charge in [-0.05, 0) is 74.0 Å². The van der Waals surface area contributed by atoms with Crippen molar-refractivity contribution in [2.75, 3.05) is 19.6 Å². The molecule has 3 heterocycles. The first kappa shape index (κ1) is 23.5. The molecule has 2 aromatic rings. The van der Waals surface area contributed by atoms with Gasteiger partial charge in [-0.15, -0.1) is 0 Å². The van der Waals surface area contributed by atoms with Gasteiger partial charge in [0, 0.05) is 36.8 Å². The summed E-state index contributed by atoms with van der Waals surface area (Å²) in [5.41, 5.74) is 3.68. The summed E-state index contributed by atoms with van der Waals surface area (Å²) in [4.78, 5) is 21.5. The molecule has 1 spiro atoms. The van der Waals surface area contributed by atoms with Gasteiger partial charge in [0.05, 0.1) is 5.92 Å². The van der Waals surface area contributed by atoms with E-state index >= 15 is 0 Å². The molecule has 35 heavy (non-hydrogen) atoms. The number of hydrogen-bond donors (Lipinski definition) is 1. The first-order chi connectivity index (χ1) is 17.2. The predicted molar refractivity (Wildman–Crippen MR) is 141 cm³/mol. The fourth-order valence-electron chi connectivity index (χ4n) is 7.92. The van der Waals surface area contributed by atoms with Crippen molar-refractivity contribution >= 4 is 17.5 Å². The molecule has 1 saturated carbocycles. The van der Waals surface area contributed by atoms with Crippen molar-refractivity contribution < 1.29 is 4.79 Å². The number of hydrogen-bond acceptors (Lipinski definition) is 3. The predicted octanol–water partition coefficient (Wildman–Crippen LogP) is 5.88. The molecule has 1 aromatic carbocycles. The summed E-state index contributed by atoms with van der Waals surface area (Å²) in [6.45, 7) is 2.53. The normalized spacial score (nSPS) is 31.5. The smallest absolute Gasteiger partial charge is 0.228 e. The van der Waals surface area contributed by atoms with E-state index in [9.17, 15) is 4.79 Å². The fourth-order valence-corrected chi connectivity index (χ4v) is 8.08. The Labute approximate surface area is 214 Å². The second kappa shape index (κ2) is 9.86. The van der Waals surface area contributed by atoms with Crippen LogP contribution in [0.1, 0.15) is 80.5 Å². The number of piperidine rings is 1. The third-order valence-electron chi connectivity index (χ3n) is 9.66. The van der Waals surface area contributed by atoms with Crippen LogP contribution in [0.25, 0.3) is 0 Å². The Hall–Kier alpha value is -1.91. The lowest BCUT2D eigenvalue weighted by Crippen LogP contribution is -2.55. The van der Waals surface area contributed by atoms with Gasteiger partial charge in [-0.1, -0.05) is 67.3 Å². The second-order valence-electron chi connectivity index (χ2n) is 11.5. The van der Waals surface area contributed by atoms with Crippen LogP contribution < -0.4 is 5.32 Å². The largest absolute Gasteiger partial charge is 0.339 e. The number of nitrogens with one attached hydrogen (secondary N) is 1. The summed E-state index contributed by atoms with van der Waals surface area (Å²) < 4.78 is 0. The van der Waals surface area contributed by atoms with Crippen molar-refractivity contribution in [3.8, 4) is 0 Å². The van der Waals surface area contributed by atoms with Gasteiger partial charge in [0.1, 0.15) is 5.15 Å². The summed E-state index contributed by atoms with van der Waals surface area (Å²) in [7, 11) is 0. The van der Waals surface area contributed by atoms with Gasteiger partial charge < -0.3 is 10.2 Å². The Morgan fingerprint density at radius 3 is 2.69 bits per heavy atom. The minimum absolute atomic E-state index is 0.0103. The number of benzene rings is 1. The number of halogens is 1. The molecular formula is C30H38ClN3O. The molecule has 4 nitrogen and oxygen atoms in total. The molecule has 186 valence electrons. The summed E-state index contributed by atoms with van der Waals surface area (Å²) in [6.07, 6.45) is 11.8. The van der Waals surface area contributed by atoms with E-state index in [0.717, 1.165) is 57.4 Å². The maximum Gasteiger partial charge on any atom is 0.228 e. The minimum Gasteiger partial charge on any atom is -0.339 e. The molecule has 4 atom stereocenters. The Bertz CT molecular complexity index is 1050. The number of aromatic nitrogens is 1. The number of rotatable bonds is 3. The fraction of sp³-hybridized carbons (Fsp3) is 0.600. The maximum absolute atomic E-state index is 14.5. The molecule has 1 aromatic heterocycles. The molecule has 6 rings (SSSR count). The van der Waals surface area contributed by atoms with Gasteiger partial charge in [0.25, 0.3) is 0 Å². The number of nitrogens with zero attached hydrogens (tertiary/aromatic N) is 2. The van der Waals surface area contributed by atoms with Crippen molar-refractivity contribution in [2.24, 2.45) is 11.8 Å². The van der Waals surface area contributed by atoms with Gasteiger partial charge in [0.2, 0.25) is 5.91 Å². The molecule has 0 bridgehead atoms. The number of aryl methyl sites for hydroxylation is 1. The highest BCUT2D eigenvalue weighted by molar-refractivity contribution is 6.29. The Morgan fingerprint density at radius 2 is 1.86 bits per heavy atom. The Balaban J connectivity index is 1.30. The number of amides is 1. The van der Waals surface area contributed by atoms with E-state index in [1.54, 1.807) is 0 Å². The molecule has 1 amide bonds. The third-order valence-corrected chi connectivity index (χ3v) is 9.87. The monoisotopic (exact) mass is 491 g/mol. The topological polar surface area (TPSA) is 45.2 Å². The zero-order valence-electron chi connectivity index (χ0n) is 20.7. The van der Waals surface area contributed by atoms with Gasteiger partial charge in [-0.2, -0.15) is 0 Å². The van der Waals surface area contributed by atoms with Crippen molar-refractivity contribution in [3.63, 3.8) is 0 Å². The van der Waals surface area contributed by atoms with Gasteiger partial charge in [-0.25, -0.2) is 4.98 Å². The lowest BCUT2D eigenvalue weighted by atomic mass is 9.64. The Kier molecular flexibility index (Phi) is 6.62. The van der Waals surface area contributed by atoms with E-state index in [-0.39, 0.29) is 11.3 Å². The van der Waals surface area contributed by atoms with E-state index in [1.165, 1.54) is 43.2 Å². The van der Waals surface area contributed by atoms with Crippen LogP contribution in [-0.2, 0) is 16.6 Å². The Morgan fingerprint density at radius 1 is 1.03 bits per heavy atom. The zero-order valence-corrected chi connectivity index (χ0v) is 21.5. The summed E-state index contributed by atoms with van der Waals surface area (Å²) >= 11 is 6.26. The van der Waals surface area contributed by atoms with Gasteiger partial charge >= 0.3 is 0 Å². The van der Waals surface area contributed by atoms with Gasteiger partial charge in [-0.3, -0.25) is 4.79 Å². The summed E-state index contributed by atoms with van der Waals surface area (Å²) in [6, 6.07) is 15.5. The van der Waals surface area contributed by atoms with Crippen LogP contribution in [0.2, 0.25) is 5.15 Å². The van der Waals surface area contributed by atoms with E-state index < -0.39 is 0 Å². The van der Waals surface area contributed by atoms with Crippen LogP contribution in [0.5, 0.6) is 0 Å². The number of pyridine rings is 1. The molecule has 0 unspecified atom stereocenters. The van der Waals surface area contributed by atoms with Crippen molar-refractivity contribution in [3.05, 3.63) is 64.4 Å². The van der Waals surface area contributed by atoms with Crippen LogP contribution in [0.3, 0.4) is 0 Å². The van der Waals surface area contributed by atoms with Crippen LogP contribution in [-0.4, -0.2) is 41.5 Å². The average molecular weight is 492 g/mol. The molecule has 2 aliphatic heterocycles. The quantitative estimate of drug-likeness (QED) is 0.545. The van der Waals surface area contributed by atoms with E-state index in [4.69, 9.17) is 11.6 Å². The number of carbonyl (C=O) groups excluding carboxylic acids is 1. The highest BCUT2D eigenvalue weighted by Gasteiger charge is 2.52. The van der Waals surface area contributed by atoms with Crippen molar-refractivity contribution in [1.29, 1.82) is 0 Å². The van der Waals surface area contributed by atoms with E-state index in [0.29, 0.717) is 28.9 Å². The molecular weight excluding hydrogens is 454 g/mol. The van der Waals surface area contributed by atoms with Crippen LogP contribution in [0.15, 0.2) is 42.5 Å². The van der Waals surface area contributed by atoms with E-state index in [2.05, 4.69) is 51.6 Å². The van der Waals surface area contributed by atoms with Crippen LogP contribution >= 0.6 is 11.6 Å². The highest BCUT2D eigenvalue weighted by atomic mass is 35.5. The zero-order chi connectivity index (χ0) is 23.8. The summed E-state index contributed by atoms with van der Waals surface area (Å²) in [5, 5.41) is 4.19. The number of fused-ring (bicyclic) bond motifs is 2. The highest BCUT2D eigenvalue weighted by Crippen LogP contribution is 2.47. The van der Waals surface area contributed by atoms with Crippen molar-refractivity contribution in [1.82, 2.24) is 15.2 Å². The third kappa shape index (κ3) is 4.31. The molecule has 0 radical (unpaired) electrons. The first-order valence-corrected chi connectivity index (χ1v) is 14.3. The lowest BCUT2D eigenvalue weighted by molar-refractivity contribution is -0.143. The molecule has 5 heteroatoms. The molecule has 2 aliphatic carbocycles. The molecule has 1 N–H and O–H groups in total. The minimum atomic E-state index is -0.143. The van der Waals surface area contributed by atoms with E-state index in [1.807, 2.05) is 6.07 Å². The molecule has 2 saturated heterocycles. The number of likely N-dealkylation sites (tertiary alicyclic amines) is 1.